The maximum absolute atomic E-state index is 12.4. The van der Waals surface area contributed by atoms with E-state index in [4.69, 9.17) is 9.26 Å². The summed E-state index contributed by atoms with van der Waals surface area (Å²) in [5.74, 6) is 0.776. The van der Waals surface area contributed by atoms with E-state index in [1.165, 1.54) is 56.9 Å². The van der Waals surface area contributed by atoms with E-state index in [0.717, 1.165) is 12.0 Å². The number of benzene rings is 1. The van der Waals surface area contributed by atoms with E-state index in [0.29, 0.717) is 37.9 Å². The highest BCUT2D eigenvalue weighted by Gasteiger charge is 2.26. The Kier molecular flexibility index (Phi) is 12.2. The van der Waals surface area contributed by atoms with Crippen molar-refractivity contribution in [2.45, 2.75) is 97.6 Å². The van der Waals surface area contributed by atoms with Crippen molar-refractivity contribution in [3.8, 4) is 11.4 Å². The Balaban J connectivity index is 1.33. The summed E-state index contributed by atoms with van der Waals surface area (Å²) in [5, 5.41) is 6.93. The number of piperazine rings is 1. The predicted octanol–water partition coefficient (Wildman–Crippen LogP) is 5.59. The molecule has 0 unspecified atom stereocenters. The van der Waals surface area contributed by atoms with Crippen LogP contribution in [-0.4, -0.2) is 70.3 Å². The summed E-state index contributed by atoms with van der Waals surface area (Å²) in [7, 11) is 0. The second-order valence-corrected chi connectivity index (χ2v) is 11.5. The number of hydrogen-bond acceptors (Lipinski definition) is 7. The van der Waals surface area contributed by atoms with Gasteiger partial charge in [-0.2, -0.15) is 4.98 Å². The number of nitrogens with zero attached hydrogens (tertiary/aromatic N) is 4. The van der Waals surface area contributed by atoms with Gasteiger partial charge in [-0.3, -0.25) is 9.69 Å². The van der Waals surface area contributed by atoms with Crippen LogP contribution < -0.4 is 5.32 Å². The quantitative estimate of drug-likeness (QED) is 0.311. The molecule has 2 heterocycles. The van der Waals surface area contributed by atoms with Crippen molar-refractivity contribution in [1.82, 2.24) is 25.3 Å². The summed E-state index contributed by atoms with van der Waals surface area (Å²) in [6, 6.07) is 8.34. The molecule has 1 aromatic carbocycles. The summed E-state index contributed by atoms with van der Waals surface area (Å²) < 4.78 is 10.8. The molecule has 1 aromatic heterocycles. The first-order valence-corrected chi connectivity index (χ1v) is 14.6. The van der Waals surface area contributed by atoms with Crippen molar-refractivity contribution in [2.24, 2.45) is 0 Å². The van der Waals surface area contributed by atoms with E-state index >= 15 is 0 Å². The van der Waals surface area contributed by atoms with Gasteiger partial charge in [0.05, 0.1) is 13.1 Å². The molecule has 39 heavy (non-hydrogen) atoms. The third-order valence-electron chi connectivity index (χ3n) is 6.83. The summed E-state index contributed by atoms with van der Waals surface area (Å²) in [4.78, 5) is 32.8. The minimum absolute atomic E-state index is 0.120. The Labute approximate surface area is 233 Å². The number of hydrogen-bond donors (Lipinski definition) is 1. The van der Waals surface area contributed by atoms with Crippen LogP contribution in [0.4, 0.5) is 4.79 Å². The smallest absolute Gasteiger partial charge is 0.410 e. The van der Waals surface area contributed by atoms with Gasteiger partial charge in [-0.25, -0.2) is 4.79 Å². The topological polar surface area (TPSA) is 101 Å². The number of nitrogens with one attached hydrogen (secondary N) is 1. The lowest BCUT2D eigenvalue weighted by Gasteiger charge is -2.35. The molecular formula is C30H47N5O4. The van der Waals surface area contributed by atoms with Gasteiger partial charge in [0.15, 0.2) is 0 Å². The highest BCUT2D eigenvalue weighted by Crippen LogP contribution is 2.18. The average Bonchev–Trinajstić information content (AvgIpc) is 3.38. The molecule has 1 fully saturated rings. The van der Waals surface area contributed by atoms with Crippen LogP contribution in [0.1, 0.15) is 90.5 Å². The third-order valence-corrected chi connectivity index (χ3v) is 6.83. The van der Waals surface area contributed by atoms with E-state index in [1.54, 1.807) is 4.90 Å². The number of amides is 2. The van der Waals surface area contributed by atoms with Gasteiger partial charge >= 0.3 is 6.09 Å². The monoisotopic (exact) mass is 541 g/mol. The predicted molar refractivity (Wildman–Crippen MR) is 152 cm³/mol. The molecule has 2 amide bonds. The van der Waals surface area contributed by atoms with E-state index in [9.17, 15) is 9.59 Å². The lowest BCUT2D eigenvalue weighted by molar-refractivity contribution is -0.122. The van der Waals surface area contributed by atoms with Crippen LogP contribution in [0.2, 0.25) is 0 Å². The normalized spacial score (nSPS) is 14.4. The number of carbonyl (C=O) groups is 2. The number of rotatable bonds is 14. The molecule has 0 atom stereocenters. The first kappa shape index (κ1) is 30.6. The zero-order valence-electron chi connectivity index (χ0n) is 24.3. The molecular weight excluding hydrogens is 494 g/mol. The number of ether oxygens (including phenoxy) is 1. The molecule has 0 spiro atoms. The van der Waals surface area contributed by atoms with Gasteiger partial charge in [0.2, 0.25) is 17.6 Å². The zero-order chi connectivity index (χ0) is 28.1. The maximum atomic E-state index is 12.4. The van der Waals surface area contributed by atoms with E-state index in [2.05, 4.69) is 34.5 Å². The lowest BCUT2D eigenvalue weighted by atomic mass is 10.0. The van der Waals surface area contributed by atoms with Crippen molar-refractivity contribution >= 4 is 12.0 Å². The number of aryl methyl sites for hydroxylation is 1. The largest absolute Gasteiger partial charge is 0.444 e. The molecule has 1 saturated heterocycles. The number of carbonyl (C=O) groups excluding carboxylic acids is 2. The summed E-state index contributed by atoms with van der Waals surface area (Å²) in [6.45, 7) is 10.6. The summed E-state index contributed by atoms with van der Waals surface area (Å²) >= 11 is 0. The molecule has 0 bridgehead atoms. The first-order chi connectivity index (χ1) is 18.7. The van der Waals surface area contributed by atoms with Crippen LogP contribution in [0.5, 0.6) is 0 Å². The van der Waals surface area contributed by atoms with Crippen LogP contribution in [0.3, 0.4) is 0 Å². The second-order valence-electron chi connectivity index (χ2n) is 11.5. The molecule has 0 saturated carbocycles. The Morgan fingerprint density at radius 2 is 1.59 bits per heavy atom. The lowest BCUT2D eigenvalue weighted by Crippen LogP contribution is -2.52. The molecule has 216 valence electrons. The Bertz CT molecular complexity index is 1010. The van der Waals surface area contributed by atoms with Crippen molar-refractivity contribution in [1.29, 1.82) is 0 Å². The van der Waals surface area contributed by atoms with E-state index in [1.807, 2.05) is 37.8 Å². The zero-order valence-corrected chi connectivity index (χ0v) is 24.3. The van der Waals surface area contributed by atoms with Crippen LogP contribution in [-0.2, 0) is 22.5 Å². The van der Waals surface area contributed by atoms with Gasteiger partial charge in [-0.05, 0) is 39.2 Å². The molecule has 2 aromatic rings. The Morgan fingerprint density at radius 3 is 2.23 bits per heavy atom. The Morgan fingerprint density at radius 1 is 0.949 bits per heavy atom. The highest BCUT2D eigenvalue weighted by molar-refractivity contribution is 5.78. The van der Waals surface area contributed by atoms with Crippen molar-refractivity contribution in [3.63, 3.8) is 0 Å². The van der Waals surface area contributed by atoms with Crippen LogP contribution >= 0.6 is 0 Å². The van der Waals surface area contributed by atoms with Gasteiger partial charge in [0.25, 0.3) is 0 Å². The average molecular weight is 542 g/mol. The fourth-order valence-electron chi connectivity index (χ4n) is 4.58. The fourth-order valence-corrected chi connectivity index (χ4v) is 4.58. The molecule has 0 aliphatic carbocycles. The van der Waals surface area contributed by atoms with Gasteiger partial charge in [-0.15, -0.1) is 0 Å². The van der Waals surface area contributed by atoms with Gasteiger partial charge in [0.1, 0.15) is 5.60 Å². The molecule has 9 heteroatoms. The minimum Gasteiger partial charge on any atom is -0.444 e. The fraction of sp³-hybridized carbons (Fsp3) is 0.667. The number of unbranched alkanes of at least 4 members (excludes halogenated alkanes) is 7. The molecule has 1 N–H and O–H groups in total. The highest BCUT2D eigenvalue weighted by atomic mass is 16.6. The second kappa shape index (κ2) is 15.6. The van der Waals surface area contributed by atoms with Crippen LogP contribution in [0.25, 0.3) is 11.4 Å². The third kappa shape index (κ3) is 11.4. The van der Waals surface area contributed by atoms with E-state index in [-0.39, 0.29) is 25.1 Å². The first-order valence-electron chi connectivity index (χ1n) is 14.6. The standard InChI is InChI=1S/C30H47N5O4/c1-5-6-7-8-9-10-11-12-13-24-14-16-25(17-15-24)28-32-27(39-33-28)22-31-26(36)23-34-18-20-35(21-19-34)29(37)38-30(2,3)4/h14-17H,5-13,18-23H2,1-4H3,(H,31,36). The van der Waals surface area contributed by atoms with Gasteiger partial charge in [0, 0.05) is 31.7 Å². The SMILES string of the molecule is CCCCCCCCCCc1ccc(-c2noc(CNC(=O)CN3CCN(C(=O)OC(C)(C)C)CC3)n2)cc1. The molecule has 1 aliphatic rings. The van der Waals surface area contributed by atoms with E-state index < -0.39 is 5.60 Å². The van der Waals surface area contributed by atoms with Crippen molar-refractivity contribution in [2.75, 3.05) is 32.7 Å². The van der Waals surface area contributed by atoms with Gasteiger partial charge in [-0.1, -0.05) is 81.3 Å². The molecule has 0 radical (unpaired) electrons. The molecule has 1 aliphatic heterocycles. The van der Waals surface area contributed by atoms with Crippen molar-refractivity contribution < 1.29 is 18.8 Å². The van der Waals surface area contributed by atoms with Crippen molar-refractivity contribution in [3.05, 3.63) is 35.7 Å². The molecule has 9 nitrogen and oxygen atoms in total. The van der Waals surface area contributed by atoms with Gasteiger partial charge < -0.3 is 19.5 Å². The Hall–Kier alpha value is -2.94. The summed E-state index contributed by atoms with van der Waals surface area (Å²) in [5.41, 5.74) is 1.71. The molecule has 3 rings (SSSR count). The number of aromatic nitrogens is 2. The minimum atomic E-state index is -0.515. The summed E-state index contributed by atoms with van der Waals surface area (Å²) in [6.07, 6.45) is 11.4. The van der Waals surface area contributed by atoms with Crippen LogP contribution in [0, 0.1) is 0 Å². The van der Waals surface area contributed by atoms with Crippen LogP contribution in [0.15, 0.2) is 28.8 Å². The maximum Gasteiger partial charge on any atom is 0.410 e.